The summed E-state index contributed by atoms with van der Waals surface area (Å²) in [4.78, 5) is 0. The molecule has 104 valence electrons. The van der Waals surface area contributed by atoms with Crippen LogP contribution < -0.4 is 0 Å². The van der Waals surface area contributed by atoms with Crippen molar-refractivity contribution in [3.05, 3.63) is 46.6 Å². The van der Waals surface area contributed by atoms with Crippen LogP contribution in [0.25, 0.3) is 0 Å². The Hall–Kier alpha value is -0.903. The van der Waals surface area contributed by atoms with Crippen molar-refractivity contribution in [3.8, 4) is 0 Å². The van der Waals surface area contributed by atoms with Crippen LogP contribution in [-0.4, -0.2) is 22.8 Å². The van der Waals surface area contributed by atoms with Crippen molar-refractivity contribution >= 4 is 8.56 Å². The molecule has 2 atom stereocenters. The van der Waals surface area contributed by atoms with Gasteiger partial charge in [-0.3, -0.25) is 0 Å². The summed E-state index contributed by atoms with van der Waals surface area (Å²) in [7, 11) is 1.23. The lowest BCUT2D eigenvalue weighted by atomic mass is 10.2. The lowest BCUT2D eigenvalue weighted by Gasteiger charge is -2.38. The highest BCUT2D eigenvalue weighted by Gasteiger charge is 2.52. The van der Waals surface area contributed by atoms with E-state index in [1.165, 1.54) is 22.3 Å². The first kappa shape index (κ1) is 14.5. The van der Waals surface area contributed by atoms with Crippen LogP contribution in [0.2, 0.25) is 11.1 Å². The molecule has 2 aliphatic carbocycles. The molecule has 0 saturated heterocycles. The Morgan fingerprint density at radius 2 is 1.16 bits per heavy atom. The van der Waals surface area contributed by atoms with Crippen LogP contribution >= 0.6 is 0 Å². The molecule has 0 aromatic heterocycles. The van der Waals surface area contributed by atoms with Crippen molar-refractivity contribution in [3.63, 3.8) is 0 Å². The lowest BCUT2D eigenvalue weighted by molar-refractivity contribution is 0.234. The predicted octanol–water partition coefficient (Wildman–Crippen LogP) is 4.27. The molecule has 2 aliphatic rings. The van der Waals surface area contributed by atoms with E-state index in [1.807, 2.05) is 0 Å². The largest absolute Gasteiger partial charge is 0.397 e. The van der Waals surface area contributed by atoms with Crippen molar-refractivity contribution in [2.75, 3.05) is 14.2 Å². The molecule has 0 aliphatic heterocycles. The maximum absolute atomic E-state index is 6.04. The van der Waals surface area contributed by atoms with E-state index in [9.17, 15) is 0 Å². The van der Waals surface area contributed by atoms with Crippen molar-refractivity contribution in [2.45, 2.75) is 38.8 Å². The van der Waals surface area contributed by atoms with Gasteiger partial charge in [-0.05, 0) is 27.7 Å². The van der Waals surface area contributed by atoms with E-state index in [1.54, 1.807) is 14.2 Å². The molecule has 2 nitrogen and oxygen atoms in total. The SMILES string of the molecule is CO[Si](OC)(C1C=CC(C)=C1C)C1C=CC(C)=C1C. The first-order valence-electron chi connectivity index (χ1n) is 6.79. The Balaban J connectivity index is 2.46. The summed E-state index contributed by atoms with van der Waals surface area (Å²) in [5.74, 6) is 0. The molecule has 0 radical (unpaired) electrons. The van der Waals surface area contributed by atoms with Gasteiger partial charge in [0.05, 0.1) is 0 Å². The second-order valence-electron chi connectivity index (χ2n) is 5.54. The number of hydrogen-bond acceptors (Lipinski definition) is 2. The maximum atomic E-state index is 6.04. The minimum Gasteiger partial charge on any atom is -0.397 e. The van der Waals surface area contributed by atoms with E-state index >= 15 is 0 Å². The fourth-order valence-corrected chi connectivity index (χ4v) is 7.14. The Labute approximate surface area is 117 Å². The predicted molar refractivity (Wildman–Crippen MR) is 82.3 cm³/mol. The Morgan fingerprint density at radius 3 is 1.37 bits per heavy atom. The van der Waals surface area contributed by atoms with E-state index in [2.05, 4.69) is 52.0 Å². The van der Waals surface area contributed by atoms with Gasteiger partial charge in [-0.1, -0.05) is 46.6 Å². The molecule has 2 rings (SSSR count). The first-order chi connectivity index (χ1) is 8.97. The smallest absolute Gasteiger partial charge is 0.360 e. The van der Waals surface area contributed by atoms with E-state index in [0.29, 0.717) is 11.1 Å². The molecule has 0 aromatic carbocycles. The average Bonchev–Trinajstić information content (AvgIpc) is 2.91. The fourth-order valence-electron chi connectivity index (χ4n) is 3.18. The number of allylic oxidation sites excluding steroid dienone is 8. The van der Waals surface area contributed by atoms with Crippen LogP contribution in [0, 0.1) is 0 Å². The fraction of sp³-hybridized carbons (Fsp3) is 0.500. The maximum Gasteiger partial charge on any atom is 0.360 e. The van der Waals surface area contributed by atoms with E-state index in [0.717, 1.165) is 0 Å². The zero-order valence-electron chi connectivity index (χ0n) is 12.8. The normalized spacial score (nSPS) is 27.1. The van der Waals surface area contributed by atoms with E-state index < -0.39 is 8.56 Å². The molecule has 0 N–H and O–H groups in total. The first-order valence-corrected chi connectivity index (χ1v) is 8.76. The highest BCUT2D eigenvalue weighted by Crippen LogP contribution is 2.49. The summed E-state index contributed by atoms with van der Waals surface area (Å²) < 4.78 is 12.1. The Bertz CT molecular complexity index is 451. The third-order valence-electron chi connectivity index (χ3n) is 4.76. The molecular weight excluding hydrogens is 252 g/mol. The van der Waals surface area contributed by atoms with Crippen molar-refractivity contribution < 1.29 is 8.85 Å². The van der Waals surface area contributed by atoms with Gasteiger partial charge in [-0.25, -0.2) is 0 Å². The summed E-state index contributed by atoms with van der Waals surface area (Å²) in [6.45, 7) is 8.72. The van der Waals surface area contributed by atoms with Crippen LogP contribution in [0.1, 0.15) is 27.7 Å². The third kappa shape index (κ3) is 2.10. The molecule has 19 heavy (non-hydrogen) atoms. The van der Waals surface area contributed by atoms with Gasteiger partial charge >= 0.3 is 8.56 Å². The van der Waals surface area contributed by atoms with Crippen LogP contribution in [0.4, 0.5) is 0 Å². The topological polar surface area (TPSA) is 18.5 Å². The van der Waals surface area contributed by atoms with Gasteiger partial charge in [-0.15, -0.1) is 0 Å². The quantitative estimate of drug-likeness (QED) is 0.714. The van der Waals surface area contributed by atoms with Crippen LogP contribution in [0.3, 0.4) is 0 Å². The summed E-state index contributed by atoms with van der Waals surface area (Å²) in [5.41, 5.74) is 6.07. The molecule has 0 amide bonds. The van der Waals surface area contributed by atoms with Gasteiger partial charge in [0.25, 0.3) is 0 Å². The van der Waals surface area contributed by atoms with Crippen LogP contribution in [0.5, 0.6) is 0 Å². The highest BCUT2D eigenvalue weighted by atomic mass is 28.4. The summed E-state index contributed by atoms with van der Waals surface area (Å²) in [5, 5.41) is 0. The zero-order valence-corrected chi connectivity index (χ0v) is 13.8. The molecule has 0 aromatic rings. The minimum atomic E-state index is -2.38. The molecule has 0 fully saturated rings. The number of rotatable bonds is 4. The number of hydrogen-bond donors (Lipinski definition) is 0. The van der Waals surface area contributed by atoms with Crippen molar-refractivity contribution in [1.82, 2.24) is 0 Å². The summed E-state index contributed by atoms with van der Waals surface area (Å²) >= 11 is 0. The van der Waals surface area contributed by atoms with Gasteiger partial charge in [0.2, 0.25) is 0 Å². The minimum absolute atomic E-state index is 0.304. The van der Waals surface area contributed by atoms with Gasteiger partial charge in [0.15, 0.2) is 0 Å². The standard InChI is InChI=1S/C16H24O2Si/c1-11-7-9-15(13(11)3)19(17-5,18-6)16-10-8-12(2)14(16)4/h7-10,15-16H,1-6H3. The highest BCUT2D eigenvalue weighted by molar-refractivity contribution is 6.73. The Kier molecular flexibility index (Phi) is 3.99. The molecule has 3 heteroatoms. The average molecular weight is 276 g/mol. The second-order valence-corrected chi connectivity index (χ2v) is 9.04. The van der Waals surface area contributed by atoms with E-state index in [4.69, 9.17) is 8.85 Å². The third-order valence-corrected chi connectivity index (χ3v) is 9.02. The molecule has 0 bridgehead atoms. The molecule has 0 saturated carbocycles. The Morgan fingerprint density at radius 1 is 0.789 bits per heavy atom. The zero-order chi connectivity index (χ0) is 14.2. The van der Waals surface area contributed by atoms with Gasteiger partial charge in [0, 0.05) is 25.3 Å². The van der Waals surface area contributed by atoms with Gasteiger partial charge in [0.1, 0.15) is 0 Å². The van der Waals surface area contributed by atoms with Crippen molar-refractivity contribution in [1.29, 1.82) is 0 Å². The molecule has 0 spiro atoms. The van der Waals surface area contributed by atoms with Crippen LogP contribution in [0.15, 0.2) is 46.6 Å². The van der Waals surface area contributed by atoms with E-state index in [-0.39, 0.29) is 0 Å². The molecule has 2 unspecified atom stereocenters. The van der Waals surface area contributed by atoms with Crippen molar-refractivity contribution in [2.24, 2.45) is 0 Å². The second kappa shape index (κ2) is 5.23. The molecule has 0 heterocycles. The lowest BCUT2D eigenvalue weighted by Crippen LogP contribution is -2.48. The summed E-state index contributed by atoms with van der Waals surface area (Å²) in [6.07, 6.45) is 8.92. The summed E-state index contributed by atoms with van der Waals surface area (Å²) in [6, 6.07) is 0. The molecular formula is C16H24O2Si. The van der Waals surface area contributed by atoms with Crippen LogP contribution in [-0.2, 0) is 8.85 Å². The van der Waals surface area contributed by atoms with Gasteiger partial charge < -0.3 is 8.85 Å². The van der Waals surface area contributed by atoms with Gasteiger partial charge in [-0.2, -0.15) is 0 Å². The monoisotopic (exact) mass is 276 g/mol.